The van der Waals surface area contributed by atoms with Gasteiger partial charge in [-0.25, -0.2) is 9.59 Å². The van der Waals surface area contributed by atoms with E-state index in [1.807, 2.05) is 0 Å². The van der Waals surface area contributed by atoms with Gasteiger partial charge >= 0.3 is 11.8 Å². The number of hydrogen-bond acceptors (Lipinski definition) is 5. The molecule has 2 unspecified atom stereocenters. The van der Waals surface area contributed by atoms with Crippen LogP contribution in [0.15, 0.2) is 21.9 Å². The second-order valence-electron chi connectivity index (χ2n) is 3.94. The highest BCUT2D eigenvalue weighted by Crippen LogP contribution is 2.26. The molecule has 1 aliphatic rings. The molecule has 8 nitrogen and oxygen atoms in total. The van der Waals surface area contributed by atoms with Crippen molar-refractivity contribution < 1.29 is 14.3 Å². The Hall–Kier alpha value is -2.09. The fraction of sp³-hybridized carbons (Fsp3) is 0.500. The lowest BCUT2D eigenvalue weighted by molar-refractivity contribution is -0.0273. The number of amides is 1. The van der Waals surface area contributed by atoms with E-state index >= 15 is 0 Å². The molecular weight excluding hydrogens is 242 g/mol. The minimum Gasteiger partial charge on any atom is -0.447 e. The van der Waals surface area contributed by atoms with Gasteiger partial charge in [-0.2, -0.15) is 0 Å². The monoisotopic (exact) mass is 255 g/mol. The normalized spacial score (nSPS) is 22.9. The van der Waals surface area contributed by atoms with Crippen LogP contribution in [0.5, 0.6) is 0 Å². The van der Waals surface area contributed by atoms with E-state index in [1.165, 1.54) is 16.8 Å². The molecule has 2 rings (SSSR count). The molecule has 3 N–H and O–H groups in total. The Morgan fingerprint density at radius 2 is 2.33 bits per heavy atom. The van der Waals surface area contributed by atoms with Gasteiger partial charge in [0.05, 0.1) is 6.10 Å². The zero-order chi connectivity index (χ0) is 13.1. The van der Waals surface area contributed by atoms with Gasteiger partial charge in [-0.15, -0.1) is 0 Å². The van der Waals surface area contributed by atoms with Crippen molar-refractivity contribution in [2.75, 3.05) is 6.61 Å². The number of nitrogens with one attached hydrogen (secondary N) is 1. The molecular formula is C10H13N3O5. The molecule has 0 saturated carbocycles. The lowest BCUT2D eigenvalue weighted by Gasteiger charge is -2.15. The van der Waals surface area contributed by atoms with Gasteiger partial charge in [-0.05, 0) is 12.8 Å². The number of carbonyl (C=O) groups is 1. The number of carbonyl (C=O) groups excluding carboxylic acids is 1. The molecule has 0 spiro atoms. The average Bonchev–Trinajstić information content (AvgIpc) is 2.75. The van der Waals surface area contributed by atoms with E-state index in [0.717, 1.165) is 0 Å². The smallest absolute Gasteiger partial charge is 0.404 e. The van der Waals surface area contributed by atoms with Crippen molar-refractivity contribution in [3.05, 3.63) is 33.1 Å². The number of nitrogens with zero attached hydrogens (tertiary/aromatic N) is 1. The van der Waals surface area contributed by atoms with E-state index in [0.29, 0.717) is 12.8 Å². The number of rotatable bonds is 3. The first-order valence-electron chi connectivity index (χ1n) is 5.45. The molecule has 2 atom stereocenters. The van der Waals surface area contributed by atoms with E-state index in [1.54, 1.807) is 0 Å². The van der Waals surface area contributed by atoms with Crippen molar-refractivity contribution in [2.24, 2.45) is 5.73 Å². The lowest BCUT2D eigenvalue weighted by Crippen LogP contribution is -2.32. The van der Waals surface area contributed by atoms with Crippen LogP contribution in [0.2, 0.25) is 0 Å². The summed E-state index contributed by atoms with van der Waals surface area (Å²) >= 11 is 0. The standard InChI is InChI=1S/C10H13N3O5/c11-9(15)17-5-6-1-2-8(18-6)13-4-3-7(14)12-10(13)16/h3-4,6,8H,1-2,5H2,(H2,11,15)(H,12,14,16). The molecule has 1 amide bonds. The predicted molar refractivity (Wildman–Crippen MR) is 60.0 cm³/mol. The van der Waals surface area contributed by atoms with Gasteiger partial charge in [0, 0.05) is 12.3 Å². The maximum Gasteiger partial charge on any atom is 0.404 e. The molecule has 18 heavy (non-hydrogen) atoms. The number of aromatic amines is 1. The van der Waals surface area contributed by atoms with Crippen LogP contribution in [-0.2, 0) is 9.47 Å². The zero-order valence-electron chi connectivity index (χ0n) is 9.50. The van der Waals surface area contributed by atoms with Crippen molar-refractivity contribution >= 4 is 6.09 Å². The summed E-state index contributed by atoms with van der Waals surface area (Å²) in [5.74, 6) is 0. The van der Waals surface area contributed by atoms with Crippen LogP contribution in [0, 0.1) is 0 Å². The Morgan fingerprint density at radius 1 is 1.56 bits per heavy atom. The first-order valence-corrected chi connectivity index (χ1v) is 5.45. The van der Waals surface area contributed by atoms with Crippen LogP contribution in [0.3, 0.4) is 0 Å². The summed E-state index contributed by atoms with van der Waals surface area (Å²) in [6, 6.07) is 1.25. The quantitative estimate of drug-likeness (QED) is 0.741. The maximum atomic E-state index is 11.5. The minimum atomic E-state index is -0.858. The van der Waals surface area contributed by atoms with E-state index in [2.05, 4.69) is 9.72 Å². The fourth-order valence-corrected chi connectivity index (χ4v) is 1.84. The third-order valence-corrected chi connectivity index (χ3v) is 2.66. The SMILES string of the molecule is NC(=O)OCC1CCC(n2ccc(=O)[nH]c2=O)O1. The van der Waals surface area contributed by atoms with Gasteiger partial charge in [-0.3, -0.25) is 14.3 Å². The first kappa shape index (κ1) is 12.4. The number of hydrogen-bond donors (Lipinski definition) is 2. The van der Waals surface area contributed by atoms with Crippen LogP contribution in [0.25, 0.3) is 0 Å². The van der Waals surface area contributed by atoms with Crippen LogP contribution in [-0.4, -0.2) is 28.4 Å². The molecule has 1 aromatic heterocycles. The van der Waals surface area contributed by atoms with E-state index in [4.69, 9.17) is 10.5 Å². The minimum absolute atomic E-state index is 0.0595. The second kappa shape index (κ2) is 5.05. The van der Waals surface area contributed by atoms with Gasteiger partial charge in [0.25, 0.3) is 5.56 Å². The van der Waals surface area contributed by atoms with Gasteiger partial charge < -0.3 is 15.2 Å². The number of ether oxygens (including phenoxy) is 2. The Labute approximate surface area is 101 Å². The van der Waals surface area contributed by atoms with Crippen LogP contribution >= 0.6 is 0 Å². The molecule has 1 aromatic rings. The molecule has 0 bridgehead atoms. The number of primary amides is 1. The Kier molecular flexibility index (Phi) is 3.47. The van der Waals surface area contributed by atoms with E-state index in [9.17, 15) is 14.4 Å². The zero-order valence-corrected chi connectivity index (χ0v) is 9.50. The molecule has 2 heterocycles. The molecule has 1 fully saturated rings. The number of aromatic nitrogens is 2. The summed E-state index contributed by atoms with van der Waals surface area (Å²) in [5.41, 5.74) is 3.87. The summed E-state index contributed by atoms with van der Waals surface area (Å²) in [7, 11) is 0. The number of H-pyrrole nitrogens is 1. The highest BCUT2D eigenvalue weighted by molar-refractivity contribution is 5.64. The highest BCUT2D eigenvalue weighted by Gasteiger charge is 2.27. The third kappa shape index (κ3) is 2.77. The van der Waals surface area contributed by atoms with Crippen molar-refractivity contribution in [3.8, 4) is 0 Å². The predicted octanol–water partition coefficient (Wildman–Crippen LogP) is -0.691. The Balaban J connectivity index is 2.02. The second-order valence-corrected chi connectivity index (χ2v) is 3.94. The van der Waals surface area contributed by atoms with Crippen molar-refractivity contribution in [2.45, 2.75) is 25.2 Å². The maximum absolute atomic E-state index is 11.5. The summed E-state index contributed by atoms with van der Waals surface area (Å²) in [4.78, 5) is 35.0. The lowest BCUT2D eigenvalue weighted by atomic mass is 10.2. The largest absolute Gasteiger partial charge is 0.447 e. The summed E-state index contributed by atoms with van der Waals surface area (Å²) in [6.07, 6.45) is 1.01. The van der Waals surface area contributed by atoms with Gasteiger partial charge in [0.2, 0.25) is 0 Å². The van der Waals surface area contributed by atoms with Gasteiger partial charge in [0.15, 0.2) is 0 Å². The molecule has 0 aliphatic carbocycles. The molecule has 0 radical (unpaired) electrons. The average molecular weight is 255 g/mol. The summed E-state index contributed by atoms with van der Waals surface area (Å²) in [6.45, 7) is 0.0595. The summed E-state index contributed by atoms with van der Waals surface area (Å²) < 4.78 is 11.5. The highest BCUT2D eigenvalue weighted by atomic mass is 16.6. The van der Waals surface area contributed by atoms with E-state index < -0.39 is 23.6 Å². The van der Waals surface area contributed by atoms with Crippen molar-refractivity contribution in [3.63, 3.8) is 0 Å². The molecule has 8 heteroatoms. The van der Waals surface area contributed by atoms with Gasteiger partial charge in [-0.1, -0.05) is 0 Å². The van der Waals surface area contributed by atoms with Crippen LogP contribution in [0.1, 0.15) is 19.1 Å². The van der Waals surface area contributed by atoms with Crippen LogP contribution < -0.4 is 17.0 Å². The topological polar surface area (TPSA) is 116 Å². The first-order chi connectivity index (χ1) is 8.56. The molecule has 98 valence electrons. The molecule has 1 aliphatic heterocycles. The fourth-order valence-electron chi connectivity index (χ4n) is 1.84. The Morgan fingerprint density at radius 3 is 3.00 bits per heavy atom. The van der Waals surface area contributed by atoms with Crippen molar-refractivity contribution in [1.29, 1.82) is 0 Å². The third-order valence-electron chi connectivity index (χ3n) is 2.66. The van der Waals surface area contributed by atoms with E-state index in [-0.39, 0.29) is 12.7 Å². The van der Waals surface area contributed by atoms with Gasteiger partial charge in [0.1, 0.15) is 12.8 Å². The molecule has 0 aromatic carbocycles. The van der Waals surface area contributed by atoms with Crippen LogP contribution in [0.4, 0.5) is 4.79 Å². The molecule has 1 saturated heterocycles. The summed E-state index contributed by atoms with van der Waals surface area (Å²) in [5, 5.41) is 0. The number of nitrogens with two attached hydrogens (primary N) is 1. The van der Waals surface area contributed by atoms with Crippen molar-refractivity contribution in [1.82, 2.24) is 9.55 Å². The Bertz CT molecular complexity index is 549.